The SMILES string of the molecule is CC(N)c1nnc(-c2c(F)cc(Br)cc2F)o1. The molecule has 0 aliphatic rings. The highest BCUT2D eigenvalue weighted by Gasteiger charge is 2.19. The van der Waals surface area contributed by atoms with Crippen LogP contribution in [0.25, 0.3) is 11.5 Å². The van der Waals surface area contributed by atoms with Gasteiger partial charge >= 0.3 is 0 Å². The van der Waals surface area contributed by atoms with E-state index in [1.54, 1.807) is 6.92 Å². The van der Waals surface area contributed by atoms with Crippen molar-refractivity contribution in [1.82, 2.24) is 10.2 Å². The Morgan fingerprint density at radius 1 is 1.29 bits per heavy atom. The Hall–Kier alpha value is -1.34. The molecule has 1 atom stereocenters. The molecule has 0 saturated carbocycles. The van der Waals surface area contributed by atoms with E-state index >= 15 is 0 Å². The molecule has 2 aromatic rings. The molecule has 17 heavy (non-hydrogen) atoms. The van der Waals surface area contributed by atoms with Crippen LogP contribution in [0.5, 0.6) is 0 Å². The summed E-state index contributed by atoms with van der Waals surface area (Å²) in [6.07, 6.45) is 0. The maximum atomic E-state index is 13.6. The summed E-state index contributed by atoms with van der Waals surface area (Å²) in [7, 11) is 0. The monoisotopic (exact) mass is 303 g/mol. The predicted octanol–water partition coefficient (Wildman–Crippen LogP) is 2.80. The van der Waals surface area contributed by atoms with Crippen LogP contribution in [0, 0.1) is 11.6 Å². The van der Waals surface area contributed by atoms with Gasteiger partial charge in [0.25, 0.3) is 5.89 Å². The summed E-state index contributed by atoms with van der Waals surface area (Å²) < 4.78 is 32.5. The van der Waals surface area contributed by atoms with Crippen LogP contribution in [0.4, 0.5) is 8.78 Å². The molecule has 4 nitrogen and oxygen atoms in total. The first-order valence-electron chi connectivity index (χ1n) is 4.73. The van der Waals surface area contributed by atoms with Crippen LogP contribution in [0.15, 0.2) is 21.0 Å². The number of nitrogens with zero attached hydrogens (tertiary/aromatic N) is 2. The van der Waals surface area contributed by atoms with Crippen molar-refractivity contribution in [1.29, 1.82) is 0 Å². The molecule has 1 aromatic heterocycles. The van der Waals surface area contributed by atoms with Crippen LogP contribution >= 0.6 is 15.9 Å². The van der Waals surface area contributed by atoms with E-state index in [0.717, 1.165) is 12.1 Å². The lowest BCUT2D eigenvalue weighted by atomic mass is 10.2. The fraction of sp³-hybridized carbons (Fsp3) is 0.200. The smallest absolute Gasteiger partial charge is 0.253 e. The number of halogens is 3. The molecular weight excluding hydrogens is 296 g/mol. The van der Waals surface area contributed by atoms with Crippen molar-refractivity contribution in [3.63, 3.8) is 0 Å². The van der Waals surface area contributed by atoms with E-state index in [1.165, 1.54) is 0 Å². The lowest BCUT2D eigenvalue weighted by Crippen LogP contribution is -2.04. The molecule has 7 heteroatoms. The third kappa shape index (κ3) is 2.34. The number of rotatable bonds is 2. The number of nitrogens with two attached hydrogens (primary N) is 1. The normalized spacial score (nSPS) is 12.8. The summed E-state index contributed by atoms with van der Waals surface area (Å²) in [6, 6.07) is 1.75. The van der Waals surface area contributed by atoms with Gasteiger partial charge in [-0.25, -0.2) is 8.78 Å². The lowest BCUT2D eigenvalue weighted by Gasteiger charge is -2.01. The van der Waals surface area contributed by atoms with Gasteiger partial charge in [-0.1, -0.05) is 15.9 Å². The Morgan fingerprint density at radius 3 is 2.35 bits per heavy atom. The summed E-state index contributed by atoms with van der Waals surface area (Å²) in [5.74, 6) is -1.66. The van der Waals surface area contributed by atoms with Crippen molar-refractivity contribution in [2.45, 2.75) is 13.0 Å². The quantitative estimate of drug-likeness (QED) is 0.926. The van der Waals surface area contributed by atoms with Crippen molar-refractivity contribution in [2.75, 3.05) is 0 Å². The van der Waals surface area contributed by atoms with Gasteiger partial charge in [0, 0.05) is 4.47 Å². The molecule has 0 saturated heterocycles. The van der Waals surface area contributed by atoms with Crippen molar-refractivity contribution in [3.05, 3.63) is 34.1 Å². The van der Waals surface area contributed by atoms with Gasteiger partial charge in [0.1, 0.15) is 17.2 Å². The van der Waals surface area contributed by atoms with Gasteiger partial charge in [0.2, 0.25) is 5.89 Å². The second-order valence-electron chi connectivity index (χ2n) is 3.48. The topological polar surface area (TPSA) is 64.9 Å². The molecule has 1 unspecified atom stereocenters. The minimum atomic E-state index is -0.781. The number of benzene rings is 1. The molecule has 2 N–H and O–H groups in total. The van der Waals surface area contributed by atoms with Gasteiger partial charge in [-0.05, 0) is 19.1 Å². The van der Waals surface area contributed by atoms with Crippen LogP contribution in [0.1, 0.15) is 18.9 Å². The first-order valence-corrected chi connectivity index (χ1v) is 5.52. The minimum Gasteiger partial charge on any atom is -0.419 e. The Labute approximate surface area is 104 Å². The van der Waals surface area contributed by atoms with E-state index in [0.29, 0.717) is 4.47 Å². The fourth-order valence-corrected chi connectivity index (χ4v) is 1.67. The zero-order valence-corrected chi connectivity index (χ0v) is 10.3. The third-order valence-electron chi connectivity index (χ3n) is 2.05. The van der Waals surface area contributed by atoms with Gasteiger partial charge in [-0.3, -0.25) is 0 Å². The van der Waals surface area contributed by atoms with Gasteiger partial charge in [-0.15, -0.1) is 10.2 Å². The van der Waals surface area contributed by atoms with E-state index < -0.39 is 17.7 Å². The second kappa shape index (κ2) is 4.50. The fourth-order valence-electron chi connectivity index (χ4n) is 1.27. The summed E-state index contributed by atoms with van der Waals surface area (Å²) in [4.78, 5) is 0. The summed E-state index contributed by atoms with van der Waals surface area (Å²) in [5.41, 5.74) is 5.16. The highest BCUT2D eigenvalue weighted by Crippen LogP contribution is 2.28. The lowest BCUT2D eigenvalue weighted by molar-refractivity contribution is 0.466. The Morgan fingerprint density at radius 2 is 1.88 bits per heavy atom. The average molecular weight is 304 g/mol. The largest absolute Gasteiger partial charge is 0.419 e. The number of hydrogen-bond acceptors (Lipinski definition) is 4. The van der Waals surface area contributed by atoms with Crippen LogP contribution in [-0.4, -0.2) is 10.2 Å². The predicted molar refractivity (Wildman–Crippen MR) is 60.0 cm³/mol. The van der Waals surface area contributed by atoms with Crippen LogP contribution in [0.2, 0.25) is 0 Å². The highest BCUT2D eigenvalue weighted by atomic mass is 79.9. The molecule has 0 bridgehead atoms. The third-order valence-corrected chi connectivity index (χ3v) is 2.51. The van der Waals surface area contributed by atoms with Crippen molar-refractivity contribution in [3.8, 4) is 11.5 Å². The summed E-state index contributed by atoms with van der Waals surface area (Å²) in [6.45, 7) is 1.63. The Bertz CT molecular complexity index is 533. The molecule has 2 rings (SSSR count). The molecule has 0 radical (unpaired) electrons. The van der Waals surface area contributed by atoms with Crippen molar-refractivity contribution >= 4 is 15.9 Å². The highest BCUT2D eigenvalue weighted by molar-refractivity contribution is 9.10. The van der Waals surface area contributed by atoms with Gasteiger partial charge in [0.05, 0.1) is 6.04 Å². The molecule has 0 fully saturated rings. The van der Waals surface area contributed by atoms with Crippen LogP contribution < -0.4 is 5.73 Å². The second-order valence-corrected chi connectivity index (χ2v) is 4.39. The van der Waals surface area contributed by atoms with E-state index in [-0.39, 0.29) is 17.3 Å². The maximum Gasteiger partial charge on any atom is 0.253 e. The summed E-state index contributed by atoms with van der Waals surface area (Å²) >= 11 is 2.98. The zero-order chi connectivity index (χ0) is 12.6. The first kappa shape index (κ1) is 12.1. The molecule has 0 aliphatic heterocycles. The first-order chi connectivity index (χ1) is 7.99. The standard InChI is InChI=1S/C10H8BrF2N3O/c1-4(14)9-15-16-10(17-9)8-6(12)2-5(11)3-7(8)13/h2-4H,14H2,1H3. The van der Waals surface area contributed by atoms with Gasteiger partial charge in [-0.2, -0.15) is 0 Å². The molecule has 0 amide bonds. The molecule has 0 aliphatic carbocycles. The Balaban J connectivity index is 2.52. The Kier molecular flexibility index (Phi) is 3.21. The number of aromatic nitrogens is 2. The molecule has 90 valence electrons. The van der Waals surface area contributed by atoms with E-state index in [9.17, 15) is 8.78 Å². The van der Waals surface area contributed by atoms with E-state index in [1.807, 2.05) is 0 Å². The van der Waals surface area contributed by atoms with E-state index in [2.05, 4.69) is 26.1 Å². The maximum absolute atomic E-state index is 13.6. The summed E-state index contributed by atoms with van der Waals surface area (Å²) in [5, 5.41) is 7.18. The van der Waals surface area contributed by atoms with Crippen molar-refractivity contribution in [2.24, 2.45) is 5.73 Å². The molecular formula is C10H8BrF2N3O. The van der Waals surface area contributed by atoms with Crippen LogP contribution in [-0.2, 0) is 0 Å². The average Bonchev–Trinajstić information content (AvgIpc) is 2.65. The molecule has 0 spiro atoms. The zero-order valence-electron chi connectivity index (χ0n) is 8.75. The van der Waals surface area contributed by atoms with Crippen LogP contribution in [0.3, 0.4) is 0 Å². The molecule has 1 heterocycles. The minimum absolute atomic E-state index is 0.127. The van der Waals surface area contributed by atoms with E-state index in [4.69, 9.17) is 10.2 Å². The van der Waals surface area contributed by atoms with Crippen molar-refractivity contribution < 1.29 is 13.2 Å². The molecule has 1 aromatic carbocycles. The van der Waals surface area contributed by atoms with Gasteiger partial charge < -0.3 is 10.2 Å². The number of hydrogen-bond donors (Lipinski definition) is 1. The van der Waals surface area contributed by atoms with Gasteiger partial charge in [0.15, 0.2) is 0 Å².